The van der Waals surface area contributed by atoms with Gasteiger partial charge >= 0.3 is 0 Å². The first-order chi connectivity index (χ1) is 7.30. The lowest BCUT2D eigenvalue weighted by Crippen LogP contribution is -2.18. The molecule has 0 unspecified atom stereocenters. The monoisotopic (exact) mass is 218 g/mol. The van der Waals surface area contributed by atoms with Crippen LogP contribution >= 0.6 is 0 Å². The van der Waals surface area contributed by atoms with Gasteiger partial charge in [0, 0.05) is 17.3 Å². The van der Waals surface area contributed by atoms with Gasteiger partial charge in [0.1, 0.15) is 5.82 Å². The minimum Gasteiger partial charge on any atom is -0.402 e. The molecule has 1 aromatic rings. The van der Waals surface area contributed by atoms with Crippen molar-refractivity contribution in [1.29, 1.82) is 5.41 Å². The van der Waals surface area contributed by atoms with Gasteiger partial charge in [0.2, 0.25) is 0 Å². The number of allylic oxidation sites excluding steroid dienone is 2. The molecular weight excluding hydrogens is 200 g/mol. The smallest absolute Gasteiger partial charge is 0.125 e. The Kier molecular flexibility index (Phi) is 3.42. The Balaban J connectivity index is 2.97. The largest absolute Gasteiger partial charge is 0.402 e. The van der Waals surface area contributed by atoms with Gasteiger partial charge in [0.25, 0.3) is 0 Å². The predicted molar refractivity (Wildman–Crippen MR) is 65.3 cm³/mol. The molecule has 4 nitrogen and oxygen atoms in total. The Morgan fingerprint density at radius 2 is 2.06 bits per heavy atom. The second-order valence-electron chi connectivity index (χ2n) is 4.75. The third-order valence-electron chi connectivity index (χ3n) is 2.22. The maximum atomic E-state index is 7.89. The van der Waals surface area contributed by atoms with Crippen LogP contribution in [0.5, 0.6) is 0 Å². The predicted octanol–water partition coefficient (Wildman–Crippen LogP) is 2.04. The fourth-order valence-corrected chi connectivity index (χ4v) is 1.05. The molecule has 0 amide bonds. The van der Waals surface area contributed by atoms with E-state index in [1.165, 1.54) is 0 Å². The molecule has 0 radical (unpaired) electrons. The van der Waals surface area contributed by atoms with E-state index in [1.807, 2.05) is 20.8 Å². The van der Waals surface area contributed by atoms with Crippen LogP contribution in [0, 0.1) is 17.7 Å². The molecular formula is C12H18N4. The van der Waals surface area contributed by atoms with Gasteiger partial charge < -0.3 is 5.73 Å². The van der Waals surface area contributed by atoms with Crippen molar-refractivity contribution in [3.8, 4) is 0 Å². The van der Waals surface area contributed by atoms with Gasteiger partial charge in [-0.25, -0.2) is 9.97 Å². The van der Waals surface area contributed by atoms with Crippen molar-refractivity contribution >= 4 is 5.71 Å². The fourth-order valence-electron chi connectivity index (χ4n) is 1.05. The summed E-state index contributed by atoms with van der Waals surface area (Å²) in [4.78, 5) is 8.16. The van der Waals surface area contributed by atoms with Crippen LogP contribution in [0.3, 0.4) is 0 Å². The molecule has 1 heterocycles. The van der Waals surface area contributed by atoms with Crippen LogP contribution in [0.2, 0.25) is 0 Å². The maximum Gasteiger partial charge on any atom is 0.125 e. The molecule has 0 saturated heterocycles. The fraction of sp³-hybridized carbons (Fsp3) is 0.417. The summed E-state index contributed by atoms with van der Waals surface area (Å²) in [6, 6.07) is 1.71. The molecule has 0 aliphatic heterocycles. The van der Waals surface area contributed by atoms with E-state index < -0.39 is 0 Å². The molecule has 0 saturated carbocycles. The average Bonchev–Trinajstić information content (AvgIpc) is 2.16. The van der Waals surface area contributed by atoms with Gasteiger partial charge in [-0.15, -0.1) is 0 Å². The van der Waals surface area contributed by atoms with Gasteiger partial charge in [-0.2, -0.15) is 0 Å². The van der Waals surface area contributed by atoms with E-state index in [0.29, 0.717) is 22.9 Å². The Bertz CT molecular complexity index is 427. The van der Waals surface area contributed by atoms with Gasteiger partial charge in [0.05, 0.1) is 11.4 Å². The average molecular weight is 218 g/mol. The van der Waals surface area contributed by atoms with Crippen LogP contribution in [0.15, 0.2) is 24.0 Å². The molecule has 3 N–H and O–H groups in total. The van der Waals surface area contributed by atoms with Crippen molar-refractivity contribution in [3.05, 3.63) is 35.6 Å². The number of hydrogen-bond donors (Lipinski definition) is 2. The zero-order valence-corrected chi connectivity index (χ0v) is 10.2. The van der Waals surface area contributed by atoms with Crippen molar-refractivity contribution < 1.29 is 0 Å². The minimum absolute atomic E-state index is 0.131. The molecule has 1 rings (SSSR count). The number of aromatic nitrogens is 2. The highest BCUT2D eigenvalue weighted by molar-refractivity contribution is 6.05. The third-order valence-corrected chi connectivity index (χ3v) is 2.22. The third kappa shape index (κ3) is 3.15. The Hall–Kier alpha value is -1.71. The normalized spacial score (nSPS) is 12.6. The molecule has 0 bridgehead atoms. The second kappa shape index (κ2) is 4.43. The van der Waals surface area contributed by atoms with Crippen LogP contribution in [0.4, 0.5) is 0 Å². The summed E-state index contributed by atoms with van der Waals surface area (Å²) in [6.07, 6.45) is 3.30. The van der Waals surface area contributed by atoms with Crippen LogP contribution in [0.25, 0.3) is 0 Å². The number of rotatable bonds is 2. The molecule has 1 aromatic heterocycles. The summed E-state index contributed by atoms with van der Waals surface area (Å²) < 4.78 is 0. The summed E-state index contributed by atoms with van der Waals surface area (Å²) in [6.45, 7) is 7.83. The molecule has 16 heavy (non-hydrogen) atoms. The molecule has 0 atom stereocenters. The lowest BCUT2D eigenvalue weighted by Gasteiger charge is -2.18. The summed E-state index contributed by atoms with van der Waals surface area (Å²) >= 11 is 0. The van der Waals surface area contributed by atoms with E-state index in [9.17, 15) is 0 Å². The highest BCUT2D eigenvalue weighted by Crippen LogP contribution is 2.20. The van der Waals surface area contributed by atoms with Gasteiger partial charge in [0.15, 0.2) is 0 Å². The van der Waals surface area contributed by atoms with Crippen molar-refractivity contribution in [2.45, 2.75) is 27.7 Å². The van der Waals surface area contributed by atoms with Crippen LogP contribution in [-0.4, -0.2) is 15.7 Å². The second-order valence-corrected chi connectivity index (χ2v) is 4.75. The molecule has 0 aromatic carbocycles. The number of nitrogens with one attached hydrogen (secondary N) is 1. The zero-order chi connectivity index (χ0) is 12.3. The summed E-state index contributed by atoms with van der Waals surface area (Å²) in [5.41, 5.74) is 7.36. The summed E-state index contributed by atoms with van der Waals surface area (Å²) in [5.74, 6) is 0.657. The molecule has 4 heteroatoms. The first kappa shape index (κ1) is 12.4. The summed E-state index contributed by atoms with van der Waals surface area (Å²) in [5, 5.41) is 7.89. The SMILES string of the molecule is Cc1nccc(C(=N)C=C(N)C(C)(C)C)n1. The standard InChI is InChI=1S/C12H18N4/c1-8-15-6-5-10(16-8)9(13)7-11(14)12(2,3)4/h5-7,13H,14H2,1-4H3. The lowest BCUT2D eigenvalue weighted by molar-refractivity contribution is 0.498. The Morgan fingerprint density at radius 1 is 1.44 bits per heavy atom. The quantitative estimate of drug-likeness (QED) is 0.746. The van der Waals surface area contributed by atoms with E-state index in [1.54, 1.807) is 25.3 Å². The van der Waals surface area contributed by atoms with E-state index >= 15 is 0 Å². The topological polar surface area (TPSA) is 75.7 Å². The molecule has 86 valence electrons. The van der Waals surface area contributed by atoms with E-state index in [4.69, 9.17) is 11.1 Å². The minimum atomic E-state index is -0.131. The van der Waals surface area contributed by atoms with Crippen molar-refractivity contribution in [2.24, 2.45) is 11.1 Å². The van der Waals surface area contributed by atoms with Gasteiger partial charge in [-0.1, -0.05) is 20.8 Å². The first-order valence-electron chi connectivity index (χ1n) is 5.17. The van der Waals surface area contributed by atoms with Crippen LogP contribution in [0.1, 0.15) is 32.3 Å². The zero-order valence-electron chi connectivity index (χ0n) is 10.2. The molecule has 0 aliphatic rings. The summed E-state index contributed by atoms with van der Waals surface area (Å²) in [7, 11) is 0. The Labute approximate surface area is 96.1 Å². The maximum absolute atomic E-state index is 7.89. The Morgan fingerprint density at radius 3 is 2.56 bits per heavy atom. The number of nitrogens with zero attached hydrogens (tertiary/aromatic N) is 2. The number of nitrogens with two attached hydrogens (primary N) is 1. The lowest BCUT2D eigenvalue weighted by atomic mass is 9.91. The van der Waals surface area contributed by atoms with Crippen LogP contribution < -0.4 is 5.73 Å². The van der Waals surface area contributed by atoms with E-state index in [-0.39, 0.29) is 5.41 Å². The number of aryl methyl sites for hydroxylation is 1. The molecule has 0 spiro atoms. The van der Waals surface area contributed by atoms with Crippen molar-refractivity contribution in [1.82, 2.24) is 9.97 Å². The highest BCUT2D eigenvalue weighted by atomic mass is 14.9. The van der Waals surface area contributed by atoms with Crippen LogP contribution in [-0.2, 0) is 0 Å². The van der Waals surface area contributed by atoms with E-state index in [2.05, 4.69) is 9.97 Å². The van der Waals surface area contributed by atoms with Gasteiger partial charge in [-0.3, -0.25) is 5.41 Å². The molecule has 0 fully saturated rings. The van der Waals surface area contributed by atoms with E-state index in [0.717, 1.165) is 0 Å². The molecule has 0 aliphatic carbocycles. The number of hydrogen-bond acceptors (Lipinski definition) is 4. The highest BCUT2D eigenvalue weighted by Gasteiger charge is 2.14. The van der Waals surface area contributed by atoms with Gasteiger partial charge in [-0.05, 0) is 19.1 Å². The first-order valence-corrected chi connectivity index (χ1v) is 5.17. The van der Waals surface area contributed by atoms with Crippen molar-refractivity contribution in [2.75, 3.05) is 0 Å². The van der Waals surface area contributed by atoms with Crippen molar-refractivity contribution in [3.63, 3.8) is 0 Å².